The largest absolute Gasteiger partial charge is 0.475 e. The third kappa shape index (κ3) is 11.7. The van der Waals surface area contributed by atoms with E-state index in [0.717, 1.165) is 29.8 Å². The Bertz CT molecular complexity index is 1130. The van der Waals surface area contributed by atoms with Gasteiger partial charge in [-0.2, -0.15) is 0 Å². The SMILES string of the molecule is CCc1ccc(NC(C)=O)cn1.O=C(CNC(=O)c1cnccn1)NC(CCCc1ccccc1)B(O)O. The second-order valence-corrected chi connectivity index (χ2v) is 8.31. The molecule has 5 N–H and O–H groups in total. The van der Waals surface area contributed by atoms with E-state index in [4.69, 9.17) is 0 Å². The number of nitrogens with zero attached hydrogens (tertiary/aromatic N) is 3. The number of amides is 3. The van der Waals surface area contributed by atoms with Gasteiger partial charge in [0.1, 0.15) is 5.69 Å². The van der Waals surface area contributed by atoms with Gasteiger partial charge in [0, 0.05) is 25.0 Å². The van der Waals surface area contributed by atoms with Gasteiger partial charge >= 0.3 is 7.12 Å². The minimum Gasteiger partial charge on any atom is -0.426 e. The molecule has 2 heterocycles. The molecule has 1 aromatic carbocycles. The van der Waals surface area contributed by atoms with Gasteiger partial charge in [0.05, 0.1) is 30.6 Å². The number of pyridine rings is 1. The molecule has 0 saturated heterocycles. The van der Waals surface area contributed by atoms with Gasteiger partial charge in [0.15, 0.2) is 0 Å². The van der Waals surface area contributed by atoms with E-state index < -0.39 is 24.9 Å². The van der Waals surface area contributed by atoms with Crippen molar-refractivity contribution in [1.82, 2.24) is 25.6 Å². The Morgan fingerprint density at radius 1 is 1.00 bits per heavy atom. The Labute approximate surface area is 222 Å². The molecule has 3 aromatic rings. The van der Waals surface area contributed by atoms with Crippen LogP contribution in [-0.2, 0) is 22.4 Å². The summed E-state index contributed by atoms with van der Waals surface area (Å²) in [5.74, 6) is -1.92. The molecule has 1 atom stereocenters. The molecule has 0 aliphatic carbocycles. The summed E-state index contributed by atoms with van der Waals surface area (Å²) in [5.41, 5.74) is 3.02. The summed E-state index contributed by atoms with van der Waals surface area (Å²) in [7, 11) is -1.68. The van der Waals surface area contributed by atoms with Crippen LogP contribution in [0.5, 0.6) is 0 Å². The monoisotopic (exact) mass is 520 g/mol. The van der Waals surface area contributed by atoms with E-state index in [0.29, 0.717) is 12.8 Å². The molecule has 0 spiro atoms. The number of rotatable bonds is 11. The fraction of sp³-hybridized carbons (Fsp3) is 0.308. The molecule has 0 bridgehead atoms. The highest BCUT2D eigenvalue weighted by Crippen LogP contribution is 2.08. The van der Waals surface area contributed by atoms with E-state index in [-0.39, 0.29) is 18.1 Å². The zero-order chi connectivity index (χ0) is 27.8. The van der Waals surface area contributed by atoms with Gasteiger partial charge in [-0.15, -0.1) is 0 Å². The zero-order valence-electron chi connectivity index (χ0n) is 21.5. The number of aromatic nitrogens is 3. The van der Waals surface area contributed by atoms with Crippen molar-refractivity contribution in [1.29, 1.82) is 0 Å². The van der Waals surface area contributed by atoms with E-state index in [9.17, 15) is 24.4 Å². The van der Waals surface area contributed by atoms with Gasteiger partial charge in [-0.3, -0.25) is 24.4 Å². The molecule has 0 saturated carbocycles. The third-order valence-corrected chi connectivity index (χ3v) is 5.24. The van der Waals surface area contributed by atoms with E-state index in [1.165, 1.54) is 25.5 Å². The summed E-state index contributed by atoms with van der Waals surface area (Å²) >= 11 is 0. The molecule has 0 radical (unpaired) electrons. The first-order valence-corrected chi connectivity index (χ1v) is 12.2. The summed E-state index contributed by atoms with van der Waals surface area (Å²) in [6.45, 7) is 3.23. The smallest absolute Gasteiger partial charge is 0.426 e. The van der Waals surface area contributed by atoms with E-state index >= 15 is 0 Å². The average Bonchev–Trinajstić information content (AvgIpc) is 2.92. The second kappa shape index (κ2) is 16.6. The number of aryl methyl sites for hydroxylation is 2. The van der Waals surface area contributed by atoms with Crippen molar-refractivity contribution in [3.63, 3.8) is 0 Å². The van der Waals surface area contributed by atoms with Gasteiger partial charge in [0.2, 0.25) is 11.8 Å². The Morgan fingerprint density at radius 3 is 2.34 bits per heavy atom. The van der Waals surface area contributed by atoms with Crippen LogP contribution in [0, 0.1) is 0 Å². The van der Waals surface area contributed by atoms with Gasteiger partial charge in [0.25, 0.3) is 5.91 Å². The summed E-state index contributed by atoms with van der Waals surface area (Å²) < 4.78 is 0. The number of hydrogen-bond acceptors (Lipinski definition) is 8. The standard InChI is InChI=1S/C17H21BN4O4.C9H12N2O/c23-16(12-21-17(24)14-11-19-9-10-20-14)22-15(18(25)26)8-4-7-13-5-2-1-3-6-13;1-3-8-4-5-9(6-10-8)11-7(2)12/h1-3,5-6,9-11,15,25-26H,4,7-8,12H2,(H,21,24)(H,22,23);4-6H,3H2,1-2H3,(H,11,12). The van der Waals surface area contributed by atoms with Gasteiger partial charge < -0.3 is 26.0 Å². The lowest BCUT2D eigenvalue weighted by molar-refractivity contribution is -0.120. The second-order valence-electron chi connectivity index (χ2n) is 8.31. The number of carbonyl (C=O) groups excluding carboxylic acids is 3. The highest BCUT2D eigenvalue weighted by molar-refractivity contribution is 6.43. The molecule has 3 amide bonds. The Morgan fingerprint density at radius 2 is 1.76 bits per heavy atom. The van der Waals surface area contributed by atoms with Gasteiger partial charge in [-0.1, -0.05) is 37.3 Å². The van der Waals surface area contributed by atoms with E-state index in [1.54, 1.807) is 6.20 Å². The lowest BCUT2D eigenvalue weighted by Crippen LogP contribution is -2.49. The third-order valence-electron chi connectivity index (χ3n) is 5.24. The Balaban J connectivity index is 0.000000352. The van der Waals surface area contributed by atoms with Crippen LogP contribution >= 0.6 is 0 Å². The van der Waals surface area contributed by atoms with Gasteiger partial charge in [-0.05, 0) is 43.4 Å². The fourth-order valence-corrected chi connectivity index (χ4v) is 3.30. The maximum Gasteiger partial charge on any atom is 0.475 e. The Hall–Kier alpha value is -4.16. The highest BCUT2D eigenvalue weighted by Gasteiger charge is 2.25. The molecule has 3 rings (SSSR count). The number of hydrogen-bond donors (Lipinski definition) is 5. The molecule has 200 valence electrons. The summed E-state index contributed by atoms with van der Waals surface area (Å²) in [6.07, 6.45) is 8.53. The van der Waals surface area contributed by atoms with Crippen LogP contribution in [0.2, 0.25) is 0 Å². The topological polar surface area (TPSA) is 166 Å². The van der Waals surface area contributed by atoms with Crippen molar-refractivity contribution < 1.29 is 24.4 Å². The molecule has 0 fully saturated rings. The number of benzene rings is 1. The number of carbonyl (C=O) groups is 3. The molecule has 38 heavy (non-hydrogen) atoms. The van der Waals surface area contributed by atoms with Crippen LogP contribution in [0.1, 0.15) is 48.4 Å². The molecule has 2 aromatic heterocycles. The summed E-state index contributed by atoms with van der Waals surface area (Å²) in [4.78, 5) is 46.1. The molecule has 0 aliphatic rings. The lowest BCUT2D eigenvalue weighted by Gasteiger charge is -2.18. The zero-order valence-corrected chi connectivity index (χ0v) is 21.5. The van der Waals surface area contributed by atoms with Crippen molar-refractivity contribution in [3.05, 3.63) is 84.2 Å². The normalized spacial score (nSPS) is 10.8. The fourth-order valence-electron chi connectivity index (χ4n) is 3.30. The first-order valence-electron chi connectivity index (χ1n) is 12.2. The average molecular weight is 520 g/mol. The van der Waals surface area contributed by atoms with Crippen molar-refractivity contribution in [3.8, 4) is 0 Å². The van der Waals surface area contributed by atoms with Crippen LogP contribution in [0.3, 0.4) is 0 Å². The molecular formula is C26H33BN6O5. The predicted molar refractivity (Wildman–Crippen MR) is 144 cm³/mol. The van der Waals surface area contributed by atoms with Crippen LogP contribution in [0.4, 0.5) is 5.69 Å². The van der Waals surface area contributed by atoms with Crippen molar-refractivity contribution in [2.24, 2.45) is 0 Å². The molecule has 1 unspecified atom stereocenters. The minimum atomic E-state index is -1.68. The maximum atomic E-state index is 11.9. The predicted octanol–water partition coefficient (Wildman–Crippen LogP) is 1.33. The number of anilines is 1. The summed E-state index contributed by atoms with van der Waals surface area (Å²) in [6, 6.07) is 13.6. The lowest BCUT2D eigenvalue weighted by atomic mass is 9.76. The summed E-state index contributed by atoms with van der Waals surface area (Å²) in [5, 5.41) is 26.5. The molecule has 12 heteroatoms. The first-order chi connectivity index (χ1) is 18.3. The van der Waals surface area contributed by atoms with Crippen LogP contribution in [0.15, 0.2) is 67.3 Å². The first kappa shape index (κ1) is 30.1. The number of nitrogens with one attached hydrogen (secondary N) is 3. The highest BCUT2D eigenvalue weighted by atomic mass is 16.4. The van der Waals surface area contributed by atoms with E-state index in [2.05, 4.69) is 30.9 Å². The van der Waals surface area contributed by atoms with Crippen LogP contribution in [0.25, 0.3) is 0 Å². The van der Waals surface area contributed by atoms with Gasteiger partial charge in [-0.25, -0.2) is 4.98 Å². The van der Waals surface area contributed by atoms with Crippen molar-refractivity contribution in [2.75, 3.05) is 11.9 Å². The molecule has 11 nitrogen and oxygen atoms in total. The minimum absolute atomic E-state index is 0.0685. The quantitative estimate of drug-likeness (QED) is 0.236. The Kier molecular flexibility index (Phi) is 13.1. The molecular weight excluding hydrogens is 487 g/mol. The molecule has 0 aliphatic heterocycles. The van der Waals surface area contributed by atoms with Crippen molar-refractivity contribution >= 4 is 30.5 Å². The van der Waals surface area contributed by atoms with Crippen LogP contribution in [-0.4, -0.2) is 62.3 Å². The maximum absolute atomic E-state index is 11.9. The van der Waals surface area contributed by atoms with Crippen LogP contribution < -0.4 is 16.0 Å². The van der Waals surface area contributed by atoms with Crippen molar-refractivity contribution in [2.45, 2.75) is 45.5 Å². The van der Waals surface area contributed by atoms with E-state index in [1.807, 2.05) is 49.4 Å².